The number of ether oxygens (including phenoxy) is 1. The topological polar surface area (TPSA) is 106 Å². The summed E-state index contributed by atoms with van der Waals surface area (Å²) in [5.74, 6) is 0.517. The van der Waals surface area contributed by atoms with E-state index < -0.39 is 7.04 Å². The van der Waals surface area contributed by atoms with Gasteiger partial charge in [0.15, 0.2) is 0 Å². The third kappa shape index (κ3) is 3.62. The molecular formula is C18H23ClN6O2. The van der Waals surface area contributed by atoms with Crippen LogP contribution in [0, 0.1) is 13.8 Å². The van der Waals surface area contributed by atoms with E-state index in [4.69, 9.17) is 26.2 Å². The molecule has 27 heavy (non-hydrogen) atoms. The van der Waals surface area contributed by atoms with Crippen molar-refractivity contribution >= 4 is 29.3 Å². The van der Waals surface area contributed by atoms with Crippen LogP contribution in [-0.4, -0.2) is 41.5 Å². The summed E-state index contributed by atoms with van der Waals surface area (Å²) < 4.78 is 27.4. The maximum Gasteiger partial charge on any atom is 0.223 e. The van der Waals surface area contributed by atoms with Gasteiger partial charge < -0.3 is 20.7 Å². The van der Waals surface area contributed by atoms with Crippen LogP contribution in [0.25, 0.3) is 0 Å². The average Bonchev–Trinajstić information content (AvgIpc) is 2.97. The van der Waals surface area contributed by atoms with Gasteiger partial charge in [0.1, 0.15) is 16.7 Å². The largest absolute Gasteiger partial charge is 0.496 e. The zero-order chi connectivity index (χ0) is 22.2. The highest BCUT2D eigenvalue weighted by Crippen LogP contribution is 2.41. The number of halogens is 1. The molecule has 3 rings (SSSR count). The number of anilines is 2. The molecule has 0 saturated heterocycles. The quantitative estimate of drug-likeness (QED) is 0.748. The van der Waals surface area contributed by atoms with Crippen LogP contribution in [0.15, 0.2) is 6.20 Å². The minimum absolute atomic E-state index is 0.0318. The lowest BCUT2D eigenvalue weighted by atomic mass is 10.0. The van der Waals surface area contributed by atoms with Crippen molar-refractivity contribution in [3.8, 4) is 5.75 Å². The Morgan fingerprint density at radius 2 is 2.30 bits per heavy atom. The molecule has 1 atom stereocenters. The Balaban J connectivity index is 1.96. The van der Waals surface area contributed by atoms with Crippen molar-refractivity contribution in [3.05, 3.63) is 33.7 Å². The van der Waals surface area contributed by atoms with Gasteiger partial charge in [0.2, 0.25) is 11.9 Å². The summed E-state index contributed by atoms with van der Waals surface area (Å²) in [5.41, 5.74) is 8.33. The van der Waals surface area contributed by atoms with Crippen LogP contribution in [-0.2, 0) is 11.3 Å². The Labute approximate surface area is 167 Å². The fourth-order valence-electron chi connectivity index (χ4n) is 3.37. The number of rotatable bonds is 5. The number of carbonyl (C=O) groups is 1. The summed E-state index contributed by atoms with van der Waals surface area (Å²) in [6.45, 7) is 4.28. The van der Waals surface area contributed by atoms with Gasteiger partial charge in [-0.15, -0.1) is 0 Å². The second-order valence-electron chi connectivity index (χ2n) is 6.51. The Hall–Kier alpha value is -2.61. The first-order valence-corrected chi connectivity index (χ1v) is 8.80. The maximum absolute atomic E-state index is 12.0. The summed E-state index contributed by atoms with van der Waals surface area (Å²) in [6.07, 6.45) is 1.80. The molecule has 0 aromatic carbocycles. The minimum atomic E-state index is -2.57. The van der Waals surface area contributed by atoms with Crippen LogP contribution in [0.4, 0.5) is 11.8 Å². The molecule has 0 unspecified atom stereocenters. The summed E-state index contributed by atoms with van der Waals surface area (Å²) >= 11 is 6.33. The predicted octanol–water partition coefficient (Wildman–Crippen LogP) is 1.97. The zero-order valence-electron chi connectivity index (χ0n) is 18.3. The van der Waals surface area contributed by atoms with E-state index in [-0.39, 0.29) is 35.1 Å². The molecule has 2 aromatic rings. The van der Waals surface area contributed by atoms with E-state index in [9.17, 15) is 4.79 Å². The van der Waals surface area contributed by atoms with E-state index in [0.29, 0.717) is 41.3 Å². The highest BCUT2D eigenvalue weighted by molar-refractivity contribution is 6.30. The first-order chi connectivity index (χ1) is 14.0. The smallest absolute Gasteiger partial charge is 0.223 e. The summed E-state index contributed by atoms with van der Waals surface area (Å²) in [4.78, 5) is 26.7. The van der Waals surface area contributed by atoms with E-state index >= 15 is 0 Å². The number of carbonyl (C=O) groups excluding carboxylic acids is 1. The molecule has 1 amide bonds. The van der Waals surface area contributed by atoms with Gasteiger partial charge in [-0.3, -0.25) is 9.78 Å². The number of hydrogen-bond acceptors (Lipinski definition) is 7. The van der Waals surface area contributed by atoms with Crippen LogP contribution in [0.2, 0.25) is 5.15 Å². The molecule has 3 heterocycles. The number of nitrogens with two attached hydrogens (primary N) is 1. The second kappa shape index (κ2) is 7.56. The lowest BCUT2D eigenvalue weighted by molar-refractivity contribution is -0.120. The van der Waals surface area contributed by atoms with E-state index in [2.05, 4.69) is 20.3 Å². The Morgan fingerprint density at radius 1 is 1.52 bits per heavy atom. The molecule has 3 N–H and O–H groups in total. The molecule has 1 aliphatic rings. The normalized spacial score (nSPS) is 17.7. The molecule has 0 aliphatic carbocycles. The van der Waals surface area contributed by atoms with E-state index in [1.807, 2.05) is 4.90 Å². The number of aryl methyl sites for hydroxylation is 1. The van der Waals surface area contributed by atoms with Gasteiger partial charge in [-0.2, -0.15) is 4.98 Å². The van der Waals surface area contributed by atoms with E-state index in [1.165, 1.54) is 0 Å². The number of fused-ring (bicyclic) bond motifs is 1. The predicted molar refractivity (Wildman–Crippen MR) is 104 cm³/mol. The first kappa shape index (κ1) is 15.4. The van der Waals surface area contributed by atoms with Crippen LogP contribution in [0.1, 0.15) is 38.8 Å². The van der Waals surface area contributed by atoms with E-state index in [1.54, 1.807) is 27.1 Å². The Morgan fingerprint density at radius 3 is 3.00 bits per heavy atom. The van der Waals surface area contributed by atoms with E-state index in [0.717, 1.165) is 0 Å². The van der Waals surface area contributed by atoms with Gasteiger partial charge in [-0.1, -0.05) is 11.6 Å². The highest BCUT2D eigenvalue weighted by Gasteiger charge is 2.35. The van der Waals surface area contributed by atoms with Gasteiger partial charge in [0, 0.05) is 48.8 Å². The summed E-state index contributed by atoms with van der Waals surface area (Å²) in [5, 5.41) is 2.83. The number of amides is 1. The van der Waals surface area contributed by atoms with Crippen LogP contribution in [0.3, 0.4) is 0 Å². The zero-order valence-corrected chi connectivity index (χ0v) is 16.1. The number of hydrogen-bond donors (Lipinski definition) is 2. The maximum atomic E-state index is 12.0. The molecule has 8 nitrogen and oxygen atoms in total. The molecule has 2 aromatic heterocycles. The number of nitrogens with one attached hydrogen (secondary N) is 1. The summed E-state index contributed by atoms with van der Waals surface area (Å²) in [6, 6.07) is 0. The molecule has 0 radical (unpaired) electrons. The third-order valence-electron chi connectivity index (χ3n) is 4.74. The summed E-state index contributed by atoms with van der Waals surface area (Å²) in [7, 11) is -0.995. The molecule has 0 bridgehead atoms. The van der Waals surface area contributed by atoms with Crippen molar-refractivity contribution in [1.29, 1.82) is 0 Å². The molecule has 9 heteroatoms. The molecule has 0 saturated carbocycles. The monoisotopic (exact) mass is 393 g/mol. The van der Waals surface area contributed by atoms with Gasteiger partial charge >= 0.3 is 0 Å². The van der Waals surface area contributed by atoms with Crippen molar-refractivity contribution in [2.45, 2.75) is 32.7 Å². The van der Waals surface area contributed by atoms with Crippen LogP contribution >= 0.6 is 11.6 Å². The molecule has 1 aliphatic heterocycles. The van der Waals surface area contributed by atoms with Crippen molar-refractivity contribution in [3.63, 3.8) is 0 Å². The average molecular weight is 394 g/mol. The second-order valence-corrected chi connectivity index (χ2v) is 6.87. The number of methoxy groups -OCH3 is 1. The lowest BCUT2D eigenvalue weighted by Crippen LogP contribution is -2.26. The Kier molecular flexibility index (Phi) is 4.32. The number of nitrogen functional groups attached to an aromatic ring is 1. The highest BCUT2D eigenvalue weighted by atomic mass is 35.5. The molecule has 0 fully saturated rings. The van der Waals surface area contributed by atoms with Crippen LogP contribution in [0.5, 0.6) is 5.75 Å². The molecular weight excluding hydrogens is 368 g/mol. The van der Waals surface area contributed by atoms with Gasteiger partial charge in [0.25, 0.3) is 0 Å². The van der Waals surface area contributed by atoms with Crippen molar-refractivity contribution in [2.24, 2.45) is 0 Å². The molecule has 144 valence electrons. The van der Waals surface area contributed by atoms with Crippen molar-refractivity contribution in [1.82, 2.24) is 20.3 Å². The Bertz CT molecular complexity index is 985. The van der Waals surface area contributed by atoms with Crippen molar-refractivity contribution < 1.29 is 13.6 Å². The third-order valence-corrected chi connectivity index (χ3v) is 5.03. The molecule has 0 spiro atoms. The van der Waals surface area contributed by atoms with Gasteiger partial charge in [-0.05, 0) is 13.8 Å². The number of pyridine rings is 1. The standard InChI is InChI=1S/C18H23ClN6O2/c1-9-6-22-12(10(2)15(9)27-4)8-25-7-11(5-13(26)21-3)14-16(19)23-18(20)24-17(14)25/h6,11H,5,7-8H2,1-4H3,(H,21,26)(H2,20,23,24)/t11-/m0/s1/i4D3. The fraction of sp³-hybridized carbons (Fsp3) is 0.444. The number of aromatic nitrogens is 3. The van der Waals surface area contributed by atoms with Crippen molar-refractivity contribution in [2.75, 3.05) is 31.3 Å². The SMILES string of the molecule is [2H]C([2H])([2H])Oc1c(C)cnc(CN2C[C@H](CC(=O)NC)c3c(Cl)nc(N)nc32)c1C. The lowest BCUT2D eigenvalue weighted by Gasteiger charge is -2.21. The van der Waals surface area contributed by atoms with Gasteiger partial charge in [-0.25, -0.2) is 4.98 Å². The minimum Gasteiger partial charge on any atom is -0.496 e. The van der Waals surface area contributed by atoms with Crippen LogP contribution < -0.4 is 20.7 Å². The fourth-order valence-corrected chi connectivity index (χ4v) is 3.69. The van der Waals surface area contributed by atoms with Gasteiger partial charge in [0.05, 0.1) is 23.4 Å². The first-order valence-electron chi connectivity index (χ1n) is 9.92. The number of nitrogens with zero attached hydrogens (tertiary/aromatic N) is 4.